The van der Waals surface area contributed by atoms with Crippen LogP contribution < -0.4 is 0 Å². The van der Waals surface area contributed by atoms with Crippen LogP contribution in [0.25, 0.3) is 0 Å². The number of hydrogen-bond donors (Lipinski definition) is 0. The third kappa shape index (κ3) is 5.95. The SMILES string of the molecule is C=C(C)C(=O)[N+](C)(C)CCCS(=O)(=O)OCC. The van der Waals surface area contributed by atoms with Crippen molar-refractivity contribution in [2.45, 2.75) is 20.3 Å². The quantitative estimate of drug-likeness (QED) is 0.390. The van der Waals surface area contributed by atoms with Gasteiger partial charge in [-0.2, -0.15) is 8.42 Å². The molecule has 0 rings (SSSR count). The number of amides is 1. The summed E-state index contributed by atoms with van der Waals surface area (Å²) in [5, 5.41) is 0. The molecule has 0 unspecified atom stereocenters. The van der Waals surface area contributed by atoms with Crippen molar-refractivity contribution in [3.63, 3.8) is 0 Å². The van der Waals surface area contributed by atoms with Crippen molar-refractivity contribution in [1.29, 1.82) is 0 Å². The summed E-state index contributed by atoms with van der Waals surface area (Å²) in [5.74, 6) is -0.148. The fraction of sp³-hybridized carbons (Fsp3) is 0.727. The van der Waals surface area contributed by atoms with Crippen LogP contribution in [0.2, 0.25) is 0 Å². The van der Waals surface area contributed by atoms with Gasteiger partial charge in [-0.15, -0.1) is 0 Å². The molecule has 0 saturated heterocycles. The zero-order valence-electron chi connectivity index (χ0n) is 11.0. The molecule has 0 spiro atoms. The monoisotopic (exact) mass is 264 g/mol. The summed E-state index contributed by atoms with van der Waals surface area (Å²) in [6.45, 7) is 7.47. The Kier molecular flexibility index (Phi) is 6.01. The lowest BCUT2D eigenvalue weighted by molar-refractivity contribution is -0.811. The van der Waals surface area contributed by atoms with Crippen molar-refractivity contribution in [3.8, 4) is 0 Å². The molecule has 5 nitrogen and oxygen atoms in total. The lowest BCUT2D eigenvalue weighted by Crippen LogP contribution is -2.47. The maximum atomic E-state index is 11.7. The molecule has 0 bridgehead atoms. The van der Waals surface area contributed by atoms with Gasteiger partial charge in [0.1, 0.15) is 0 Å². The number of hydrogen-bond acceptors (Lipinski definition) is 4. The highest BCUT2D eigenvalue weighted by molar-refractivity contribution is 7.86. The minimum Gasteiger partial charge on any atom is -0.270 e. The average molecular weight is 264 g/mol. The predicted octanol–water partition coefficient (Wildman–Crippen LogP) is 0.922. The number of nitrogens with zero attached hydrogens (tertiary/aromatic N) is 1. The molecule has 0 atom stereocenters. The molecule has 0 N–H and O–H groups in total. The first-order chi connectivity index (χ1) is 7.62. The molecular weight excluding hydrogens is 242 g/mol. The summed E-state index contributed by atoms with van der Waals surface area (Å²) < 4.78 is 27.3. The Morgan fingerprint density at radius 1 is 1.35 bits per heavy atom. The third-order valence-electron chi connectivity index (χ3n) is 2.32. The molecule has 0 saturated carbocycles. The third-order valence-corrected chi connectivity index (χ3v) is 3.71. The largest absolute Gasteiger partial charge is 0.340 e. The summed E-state index contributed by atoms with van der Waals surface area (Å²) >= 11 is 0. The molecule has 0 aliphatic heterocycles. The molecule has 0 aromatic rings. The molecule has 0 aliphatic rings. The average Bonchev–Trinajstić information content (AvgIpc) is 2.15. The van der Waals surface area contributed by atoms with Crippen LogP contribution in [0.15, 0.2) is 12.2 Å². The summed E-state index contributed by atoms with van der Waals surface area (Å²) in [4.78, 5) is 11.7. The van der Waals surface area contributed by atoms with Gasteiger partial charge in [-0.25, -0.2) is 4.79 Å². The highest BCUT2D eigenvalue weighted by Gasteiger charge is 2.27. The van der Waals surface area contributed by atoms with E-state index in [1.165, 1.54) is 0 Å². The zero-order valence-corrected chi connectivity index (χ0v) is 11.8. The standard InChI is InChI=1S/C11H22NO4S/c1-6-16-17(14,15)9-7-8-12(4,5)11(13)10(2)3/h2,6-9H2,1,3-5H3/q+1. The van der Waals surface area contributed by atoms with Crippen LogP contribution in [-0.4, -0.2) is 51.8 Å². The number of rotatable bonds is 7. The van der Waals surface area contributed by atoms with Crippen molar-refractivity contribution in [3.05, 3.63) is 12.2 Å². The van der Waals surface area contributed by atoms with E-state index in [-0.39, 0.29) is 22.7 Å². The van der Waals surface area contributed by atoms with Gasteiger partial charge < -0.3 is 0 Å². The summed E-state index contributed by atoms with van der Waals surface area (Å²) in [7, 11) is 0.0370. The topological polar surface area (TPSA) is 60.4 Å². The van der Waals surface area contributed by atoms with E-state index in [0.717, 1.165) is 0 Å². The van der Waals surface area contributed by atoms with Crippen LogP contribution in [-0.2, 0) is 19.1 Å². The zero-order chi connectivity index (χ0) is 13.7. The molecular formula is C11H22NO4S+. The predicted molar refractivity (Wildman–Crippen MR) is 66.8 cm³/mol. The first kappa shape index (κ1) is 16.3. The Balaban J connectivity index is 4.30. The van der Waals surface area contributed by atoms with E-state index in [2.05, 4.69) is 10.8 Å². The Hall–Kier alpha value is -0.720. The van der Waals surface area contributed by atoms with Gasteiger partial charge in [-0.05, 0) is 13.8 Å². The number of quaternary nitrogens is 1. The van der Waals surface area contributed by atoms with Crippen molar-refractivity contribution >= 4 is 16.0 Å². The summed E-state index contributed by atoms with van der Waals surface area (Å²) in [6.07, 6.45) is 0.383. The van der Waals surface area contributed by atoms with Gasteiger partial charge >= 0.3 is 5.91 Å². The molecule has 100 valence electrons. The van der Waals surface area contributed by atoms with Crippen molar-refractivity contribution in [2.24, 2.45) is 0 Å². The minimum atomic E-state index is -3.44. The molecule has 0 fully saturated rings. The Morgan fingerprint density at radius 2 is 1.88 bits per heavy atom. The smallest absolute Gasteiger partial charge is 0.270 e. The van der Waals surface area contributed by atoms with Gasteiger partial charge in [0.05, 0.1) is 33.0 Å². The van der Waals surface area contributed by atoms with Gasteiger partial charge in [0.25, 0.3) is 10.1 Å². The lowest BCUT2D eigenvalue weighted by atomic mass is 10.2. The van der Waals surface area contributed by atoms with Crippen LogP contribution in [0, 0.1) is 0 Å². The second-order valence-corrected chi connectivity index (χ2v) is 6.28. The van der Waals surface area contributed by atoms with E-state index in [9.17, 15) is 13.2 Å². The second-order valence-electron chi connectivity index (χ2n) is 4.52. The Labute approximate surface area is 104 Å². The summed E-state index contributed by atoms with van der Waals surface area (Å²) in [6, 6.07) is 0. The van der Waals surface area contributed by atoms with Gasteiger partial charge in [0.15, 0.2) is 0 Å². The first-order valence-corrected chi connectivity index (χ1v) is 7.10. The first-order valence-electron chi connectivity index (χ1n) is 5.53. The normalized spacial score (nSPS) is 12.5. The van der Waals surface area contributed by atoms with E-state index in [1.54, 1.807) is 27.9 Å². The summed E-state index contributed by atoms with van der Waals surface area (Å²) in [5.41, 5.74) is 0.475. The molecule has 0 aromatic carbocycles. The van der Waals surface area contributed by atoms with Crippen molar-refractivity contribution < 1.29 is 21.9 Å². The van der Waals surface area contributed by atoms with Gasteiger partial charge in [-0.3, -0.25) is 8.67 Å². The van der Waals surface area contributed by atoms with E-state index in [0.29, 0.717) is 18.5 Å². The number of carbonyl (C=O) groups is 1. The van der Waals surface area contributed by atoms with Crippen LogP contribution in [0.3, 0.4) is 0 Å². The fourth-order valence-electron chi connectivity index (χ4n) is 1.49. The lowest BCUT2D eigenvalue weighted by Gasteiger charge is -2.26. The van der Waals surface area contributed by atoms with E-state index >= 15 is 0 Å². The van der Waals surface area contributed by atoms with E-state index < -0.39 is 10.1 Å². The molecule has 0 aliphatic carbocycles. The molecule has 0 heterocycles. The van der Waals surface area contributed by atoms with Crippen LogP contribution in [0.4, 0.5) is 0 Å². The van der Waals surface area contributed by atoms with Crippen LogP contribution in [0.5, 0.6) is 0 Å². The minimum absolute atomic E-state index is 0.0635. The fourth-order valence-corrected chi connectivity index (χ4v) is 2.45. The maximum absolute atomic E-state index is 11.7. The van der Waals surface area contributed by atoms with Crippen molar-refractivity contribution in [1.82, 2.24) is 0 Å². The Bertz CT molecular complexity index is 384. The number of carbonyl (C=O) groups excluding carboxylic acids is 1. The molecule has 0 aromatic heterocycles. The van der Waals surface area contributed by atoms with Gasteiger partial charge in [0.2, 0.25) is 0 Å². The second kappa shape index (κ2) is 6.28. The Morgan fingerprint density at radius 3 is 2.29 bits per heavy atom. The number of likely N-dealkylation sites (N-methyl/N-ethyl adjacent to an activating group) is 1. The maximum Gasteiger partial charge on any atom is 0.340 e. The van der Waals surface area contributed by atoms with E-state index in [4.69, 9.17) is 0 Å². The molecule has 17 heavy (non-hydrogen) atoms. The van der Waals surface area contributed by atoms with Gasteiger partial charge in [-0.1, -0.05) is 6.58 Å². The van der Waals surface area contributed by atoms with Gasteiger partial charge in [0, 0.05) is 12.0 Å². The van der Waals surface area contributed by atoms with Crippen molar-refractivity contribution in [2.75, 3.05) is 33.0 Å². The highest BCUT2D eigenvalue weighted by Crippen LogP contribution is 2.08. The van der Waals surface area contributed by atoms with Crippen LogP contribution >= 0.6 is 0 Å². The molecule has 6 heteroatoms. The van der Waals surface area contributed by atoms with E-state index in [1.807, 2.05) is 0 Å². The highest BCUT2D eigenvalue weighted by atomic mass is 32.2. The van der Waals surface area contributed by atoms with Crippen LogP contribution in [0.1, 0.15) is 20.3 Å². The molecule has 0 radical (unpaired) electrons. The molecule has 1 amide bonds.